The molecule has 90 valence electrons. The van der Waals surface area contributed by atoms with Gasteiger partial charge in [-0.1, -0.05) is 0 Å². The molecule has 3 rings (SSSR count). The zero-order valence-electron chi connectivity index (χ0n) is 9.50. The largest absolute Gasteiger partial charge is 0.461 e. The van der Waals surface area contributed by atoms with E-state index in [0.29, 0.717) is 6.04 Å². The van der Waals surface area contributed by atoms with E-state index in [2.05, 4.69) is 21.2 Å². The van der Waals surface area contributed by atoms with E-state index in [1.165, 1.54) is 23.4 Å². The molecule has 0 spiro atoms. The maximum Gasteiger partial charge on any atom is 0.176 e. The first-order valence-electron chi connectivity index (χ1n) is 5.70. The van der Waals surface area contributed by atoms with Gasteiger partial charge < -0.3 is 9.73 Å². The molecule has 0 aliphatic heterocycles. The summed E-state index contributed by atoms with van der Waals surface area (Å²) in [6, 6.07) is 2.31. The van der Waals surface area contributed by atoms with Gasteiger partial charge in [-0.15, -0.1) is 11.3 Å². The van der Waals surface area contributed by atoms with Crippen molar-refractivity contribution in [1.82, 2.24) is 10.3 Å². The lowest BCUT2D eigenvalue weighted by Crippen LogP contribution is -2.21. The van der Waals surface area contributed by atoms with Gasteiger partial charge in [-0.2, -0.15) is 0 Å². The van der Waals surface area contributed by atoms with Gasteiger partial charge in [-0.3, -0.25) is 0 Å². The molecule has 0 bridgehead atoms. The summed E-state index contributed by atoms with van der Waals surface area (Å²) >= 11 is 5.24. The van der Waals surface area contributed by atoms with Crippen LogP contribution in [-0.4, -0.2) is 12.0 Å². The van der Waals surface area contributed by atoms with E-state index >= 15 is 0 Å². The molecule has 2 heterocycles. The standard InChI is InChI=1S/C12H13BrN2OS/c1-14-8-3-2-4-9-10(8)15-12(17-9)11-7(13)5-6-16-11/h5-6,8,14H,2-4H2,1H3. The van der Waals surface area contributed by atoms with Crippen LogP contribution in [0.25, 0.3) is 10.8 Å². The second-order valence-electron chi connectivity index (χ2n) is 4.16. The molecule has 0 aromatic carbocycles. The number of nitrogens with zero attached hydrogens (tertiary/aromatic N) is 1. The van der Waals surface area contributed by atoms with E-state index in [0.717, 1.165) is 21.7 Å². The number of aryl methyl sites for hydroxylation is 1. The van der Waals surface area contributed by atoms with Crippen LogP contribution in [0.5, 0.6) is 0 Å². The number of aromatic nitrogens is 1. The van der Waals surface area contributed by atoms with E-state index < -0.39 is 0 Å². The van der Waals surface area contributed by atoms with Gasteiger partial charge in [0, 0.05) is 4.88 Å². The Morgan fingerprint density at radius 2 is 2.47 bits per heavy atom. The van der Waals surface area contributed by atoms with Crippen LogP contribution in [0, 0.1) is 0 Å². The highest BCUT2D eigenvalue weighted by Gasteiger charge is 2.25. The van der Waals surface area contributed by atoms with Crippen molar-refractivity contribution in [1.29, 1.82) is 0 Å². The second-order valence-corrected chi connectivity index (χ2v) is 6.10. The molecule has 1 unspecified atom stereocenters. The number of rotatable bonds is 2. The number of nitrogens with one attached hydrogen (secondary N) is 1. The molecule has 1 aliphatic rings. The summed E-state index contributed by atoms with van der Waals surface area (Å²) in [7, 11) is 2.00. The van der Waals surface area contributed by atoms with Gasteiger partial charge >= 0.3 is 0 Å². The van der Waals surface area contributed by atoms with E-state index in [4.69, 9.17) is 9.40 Å². The van der Waals surface area contributed by atoms with E-state index in [9.17, 15) is 0 Å². The Labute approximate surface area is 112 Å². The Morgan fingerprint density at radius 1 is 1.59 bits per heavy atom. The lowest BCUT2D eigenvalue weighted by Gasteiger charge is -2.19. The number of hydrogen-bond donors (Lipinski definition) is 1. The molecule has 0 amide bonds. The summed E-state index contributed by atoms with van der Waals surface area (Å²) in [5.74, 6) is 0.847. The van der Waals surface area contributed by atoms with Gasteiger partial charge in [0.05, 0.1) is 22.5 Å². The average molecular weight is 313 g/mol. The van der Waals surface area contributed by atoms with Crippen LogP contribution in [0.3, 0.4) is 0 Å². The van der Waals surface area contributed by atoms with Crippen molar-refractivity contribution in [3.63, 3.8) is 0 Å². The summed E-state index contributed by atoms with van der Waals surface area (Å²) in [5.41, 5.74) is 1.21. The summed E-state index contributed by atoms with van der Waals surface area (Å²) in [4.78, 5) is 6.14. The third-order valence-electron chi connectivity index (χ3n) is 3.11. The lowest BCUT2D eigenvalue weighted by molar-refractivity contribution is 0.489. The van der Waals surface area contributed by atoms with Crippen molar-refractivity contribution in [2.45, 2.75) is 25.3 Å². The Kier molecular flexibility index (Phi) is 3.06. The number of hydrogen-bond acceptors (Lipinski definition) is 4. The molecule has 1 aliphatic carbocycles. The van der Waals surface area contributed by atoms with Gasteiger partial charge in [0.1, 0.15) is 0 Å². The van der Waals surface area contributed by atoms with Crippen LogP contribution in [0.15, 0.2) is 21.2 Å². The number of thiazole rings is 1. The van der Waals surface area contributed by atoms with Crippen molar-refractivity contribution in [3.8, 4) is 10.8 Å². The maximum absolute atomic E-state index is 5.48. The first-order chi connectivity index (χ1) is 8.29. The maximum atomic E-state index is 5.48. The Balaban J connectivity index is 2.04. The predicted molar refractivity (Wildman–Crippen MR) is 72.3 cm³/mol. The van der Waals surface area contributed by atoms with Gasteiger partial charge in [0.25, 0.3) is 0 Å². The minimum Gasteiger partial charge on any atom is -0.461 e. The molecule has 0 saturated carbocycles. The molecule has 0 radical (unpaired) electrons. The SMILES string of the molecule is CNC1CCCc2sc(-c3occc3Br)nc21. The monoisotopic (exact) mass is 312 g/mol. The van der Waals surface area contributed by atoms with Gasteiger partial charge in [-0.25, -0.2) is 4.98 Å². The first-order valence-corrected chi connectivity index (χ1v) is 7.30. The van der Waals surface area contributed by atoms with Gasteiger partial charge in [0.2, 0.25) is 0 Å². The van der Waals surface area contributed by atoms with Crippen LogP contribution in [-0.2, 0) is 6.42 Å². The minimum absolute atomic E-state index is 0.400. The van der Waals surface area contributed by atoms with Crippen molar-refractivity contribution in [2.24, 2.45) is 0 Å². The molecule has 0 saturated heterocycles. The smallest absolute Gasteiger partial charge is 0.176 e. The Morgan fingerprint density at radius 3 is 3.18 bits per heavy atom. The average Bonchev–Trinajstić information content (AvgIpc) is 2.93. The highest BCUT2D eigenvalue weighted by Crippen LogP contribution is 2.39. The molecule has 2 aromatic heterocycles. The fourth-order valence-corrected chi connectivity index (χ4v) is 3.93. The fourth-order valence-electron chi connectivity index (χ4n) is 2.24. The van der Waals surface area contributed by atoms with E-state index in [1.54, 1.807) is 17.6 Å². The van der Waals surface area contributed by atoms with Crippen LogP contribution < -0.4 is 5.32 Å². The number of furan rings is 1. The highest BCUT2D eigenvalue weighted by atomic mass is 79.9. The zero-order valence-corrected chi connectivity index (χ0v) is 11.9. The number of halogens is 1. The molecule has 1 atom stereocenters. The normalized spacial score (nSPS) is 19.3. The van der Waals surface area contributed by atoms with Gasteiger partial charge in [-0.05, 0) is 48.3 Å². The van der Waals surface area contributed by atoms with Crippen molar-refractivity contribution < 1.29 is 4.42 Å². The Hall–Kier alpha value is -0.650. The summed E-state index contributed by atoms with van der Waals surface area (Å²) in [6.07, 6.45) is 5.24. The lowest BCUT2D eigenvalue weighted by atomic mass is 9.98. The molecule has 5 heteroatoms. The molecular formula is C12H13BrN2OS. The number of fused-ring (bicyclic) bond motifs is 1. The van der Waals surface area contributed by atoms with Crippen LogP contribution in [0.2, 0.25) is 0 Å². The quantitative estimate of drug-likeness (QED) is 0.917. The van der Waals surface area contributed by atoms with E-state index in [-0.39, 0.29) is 0 Å². The van der Waals surface area contributed by atoms with Crippen molar-refractivity contribution in [3.05, 3.63) is 27.4 Å². The first kappa shape index (κ1) is 11.4. The molecule has 3 nitrogen and oxygen atoms in total. The molecule has 1 N–H and O–H groups in total. The van der Waals surface area contributed by atoms with E-state index in [1.807, 2.05) is 13.1 Å². The van der Waals surface area contributed by atoms with Crippen molar-refractivity contribution >= 4 is 27.3 Å². The Bertz CT molecular complexity index is 534. The highest BCUT2D eigenvalue weighted by molar-refractivity contribution is 9.10. The third kappa shape index (κ3) is 1.96. The summed E-state index contributed by atoms with van der Waals surface area (Å²) in [6.45, 7) is 0. The van der Waals surface area contributed by atoms with Crippen LogP contribution in [0.1, 0.15) is 29.5 Å². The summed E-state index contributed by atoms with van der Waals surface area (Å²) < 4.78 is 6.45. The third-order valence-corrected chi connectivity index (χ3v) is 4.87. The molecule has 17 heavy (non-hydrogen) atoms. The van der Waals surface area contributed by atoms with Crippen molar-refractivity contribution in [2.75, 3.05) is 7.05 Å². The van der Waals surface area contributed by atoms with Crippen LogP contribution in [0.4, 0.5) is 0 Å². The van der Waals surface area contributed by atoms with Crippen LogP contribution >= 0.6 is 27.3 Å². The minimum atomic E-state index is 0.400. The summed E-state index contributed by atoms with van der Waals surface area (Å²) in [5, 5.41) is 4.32. The zero-order chi connectivity index (χ0) is 11.8. The second kappa shape index (κ2) is 4.55. The predicted octanol–water partition coefficient (Wildman–Crippen LogP) is 3.76. The fraction of sp³-hybridized carbons (Fsp3) is 0.417. The molecule has 2 aromatic rings. The molecular weight excluding hydrogens is 300 g/mol. The molecule has 0 fully saturated rings. The van der Waals surface area contributed by atoms with Gasteiger partial charge in [0.15, 0.2) is 10.8 Å². The topological polar surface area (TPSA) is 38.1 Å².